The molecule has 0 radical (unpaired) electrons. The van der Waals surface area contributed by atoms with Gasteiger partial charge in [-0.3, -0.25) is 4.79 Å². The molecule has 1 atom stereocenters. The van der Waals surface area contributed by atoms with Crippen LogP contribution in [0.4, 0.5) is 0 Å². The summed E-state index contributed by atoms with van der Waals surface area (Å²) < 4.78 is 5.02. The number of amides is 1. The molecule has 1 amide bonds. The molecule has 7 heteroatoms. The first-order valence-electron chi connectivity index (χ1n) is 6.68. The van der Waals surface area contributed by atoms with Crippen molar-refractivity contribution in [3.05, 3.63) is 33.8 Å². The molecular formula is C14H16Cl2N2O3. The summed E-state index contributed by atoms with van der Waals surface area (Å²) in [5.74, 6) is -0.738. The molecule has 1 fully saturated rings. The Morgan fingerprint density at radius 1 is 1.43 bits per heavy atom. The van der Waals surface area contributed by atoms with Gasteiger partial charge in [0.15, 0.2) is 0 Å². The fourth-order valence-corrected chi connectivity index (χ4v) is 2.58. The van der Waals surface area contributed by atoms with Crippen LogP contribution in [0.15, 0.2) is 18.2 Å². The van der Waals surface area contributed by atoms with Gasteiger partial charge in [-0.25, -0.2) is 4.79 Å². The van der Waals surface area contributed by atoms with E-state index >= 15 is 0 Å². The van der Waals surface area contributed by atoms with Crippen molar-refractivity contribution >= 4 is 35.1 Å². The fourth-order valence-electron chi connectivity index (χ4n) is 2.21. The van der Waals surface area contributed by atoms with Crippen LogP contribution in [0, 0.1) is 0 Å². The van der Waals surface area contributed by atoms with Crippen LogP contribution in [-0.4, -0.2) is 49.1 Å². The van der Waals surface area contributed by atoms with Gasteiger partial charge in [0.05, 0.1) is 17.2 Å². The Kier molecular flexibility index (Phi) is 5.45. The highest BCUT2D eigenvalue weighted by Crippen LogP contribution is 2.23. The monoisotopic (exact) mass is 330 g/mol. The lowest BCUT2D eigenvalue weighted by atomic mass is 10.1. The largest absolute Gasteiger partial charge is 0.464 e. The molecular weight excluding hydrogens is 315 g/mol. The van der Waals surface area contributed by atoms with Crippen molar-refractivity contribution < 1.29 is 14.3 Å². The third-order valence-corrected chi connectivity index (χ3v) is 3.79. The SMILES string of the molecule is CCOC(=O)C1CNCCN1C(=O)c1cc(Cl)ccc1Cl. The Bertz CT molecular complexity index is 551. The number of nitrogens with zero attached hydrogens (tertiary/aromatic N) is 1. The molecule has 114 valence electrons. The average Bonchev–Trinajstić information content (AvgIpc) is 2.49. The Morgan fingerprint density at radius 3 is 2.90 bits per heavy atom. The predicted molar refractivity (Wildman–Crippen MR) is 80.8 cm³/mol. The van der Waals surface area contributed by atoms with Crippen LogP contribution >= 0.6 is 23.2 Å². The van der Waals surface area contributed by atoms with Crippen molar-refractivity contribution in [2.75, 3.05) is 26.2 Å². The highest BCUT2D eigenvalue weighted by atomic mass is 35.5. The van der Waals surface area contributed by atoms with Crippen LogP contribution in [-0.2, 0) is 9.53 Å². The van der Waals surface area contributed by atoms with E-state index in [2.05, 4.69) is 5.32 Å². The zero-order chi connectivity index (χ0) is 15.4. The number of ether oxygens (including phenoxy) is 1. The van der Waals surface area contributed by atoms with Crippen molar-refractivity contribution in [2.45, 2.75) is 13.0 Å². The third-order valence-electron chi connectivity index (χ3n) is 3.22. The second kappa shape index (κ2) is 7.11. The maximum Gasteiger partial charge on any atom is 0.330 e. The molecule has 0 spiro atoms. The van der Waals surface area contributed by atoms with Crippen molar-refractivity contribution in [2.24, 2.45) is 0 Å². The van der Waals surface area contributed by atoms with Gasteiger partial charge in [-0.1, -0.05) is 23.2 Å². The van der Waals surface area contributed by atoms with E-state index in [1.54, 1.807) is 19.1 Å². The van der Waals surface area contributed by atoms with E-state index in [-0.39, 0.29) is 12.5 Å². The maximum absolute atomic E-state index is 12.6. The lowest BCUT2D eigenvalue weighted by Crippen LogP contribution is -2.57. The van der Waals surface area contributed by atoms with Crippen LogP contribution in [0.25, 0.3) is 0 Å². The van der Waals surface area contributed by atoms with Gasteiger partial charge in [-0.15, -0.1) is 0 Å². The van der Waals surface area contributed by atoms with E-state index in [4.69, 9.17) is 27.9 Å². The first kappa shape index (κ1) is 16.1. The van der Waals surface area contributed by atoms with Crippen LogP contribution in [0.2, 0.25) is 10.0 Å². The number of esters is 1. The summed E-state index contributed by atoms with van der Waals surface area (Å²) in [4.78, 5) is 26.1. The molecule has 1 unspecified atom stereocenters. The Balaban J connectivity index is 2.26. The smallest absolute Gasteiger partial charge is 0.330 e. The molecule has 1 N–H and O–H groups in total. The highest BCUT2D eigenvalue weighted by Gasteiger charge is 2.34. The van der Waals surface area contributed by atoms with E-state index in [9.17, 15) is 9.59 Å². The molecule has 1 heterocycles. The molecule has 0 aromatic heterocycles. The molecule has 1 aromatic carbocycles. The standard InChI is InChI=1S/C14H16Cl2N2O3/c1-2-21-14(20)12-8-17-5-6-18(12)13(19)10-7-9(15)3-4-11(10)16/h3-4,7,12,17H,2,5-6,8H2,1H3. The lowest BCUT2D eigenvalue weighted by molar-refractivity contribution is -0.149. The van der Waals surface area contributed by atoms with Crippen molar-refractivity contribution in [3.8, 4) is 0 Å². The first-order valence-corrected chi connectivity index (χ1v) is 7.43. The van der Waals surface area contributed by atoms with Crippen LogP contribution in [0.5, 0.6) is 0 Å². The fraction of sp³-hybridized carbons (Fsp3) is 0.429. The summed E-state index contributed by atoms with van der Waals surface area (Å²) >= 11 is 12.0. The summed E-state index contributed by atoms with van der Waals surface area (Å²) in [6.07, 6.45) is 0. The highest BCUT2D eigenvalue weighted by molar-refractivity contribution is 6.35. The molecule has 1 aromatic rings. The summed E-state index contributed by atoms with van der Waals surface area (Å²) in [6.45, 7) is 3.39. The van der Waals surface area contributed by atoms with Crippen LogP contribution in [0.1, 0.15) is 17.3 Å². The van der Waals surface area contributed by atoms with Gasteiger partial charge in [0.2, 0.25) is 0 Å². The van der Waals surface area contributed by atoms with Gasteiger partial charge in [0.25, 0.3) is 5.91 Å². The van der Waals surface area contributed by atoms with Crippen molar-refractivity contribution in [3.63, 3.8) is 0 Å². The quantitative estimate of drug-likeness (QED) is 0.861. The molecule has 5 nitrogen and oxygen atoms in total. The predicted octanol–water partition coefficient (Wildman–Crippen LogP) is 1.97. The molecule has 0 saturated carbocycles. The minimum Gasteiger partial charge on any atom is -0.464 e. The van der Waals surface area contributed by atoms with Crippen LogP contribution in [0.3, 0.4) is 0 Å². The summed E-state index contributed by atoms with van der Waals surface area (Å²) in [7, 11) is 0. The average molecular weight is 331 g/mol. The number of hydrogen-bond donors (Lipinski definition) is 1. The normalized spacial score (nSPS) is 18.4. The van der Waals surface area contributed by atoms with Gasteiger partial charge in [-0.05, 0) is 25.1 Å². The number of halogens is 2. The third kappa shape index (κ3) is 3.67. The Hall–Kier alpha value is -1.30. The van der Waals surface area contributed by atoms with Crippen LogP contribution < -0.4 is 5.32 Å². The zero-order valence-corrected chi connectivity index (χ0v) is 13.1. The number of hydrogen-bond acceptors (Lipinski definition) is 4. The number of carbonyl (C=O) groups is 2. The molecule has 1 aliphatic rings. The number of benzene rings is 1. The summed E-state index contributed by atoms with van der Waals surface area (Å²) in [5, 5.41) is 3.82. The second-order valence-electron chi connectivity index (χ2n) is 4.59. The van der Waals surface area contributed by atoms with Gasteiger partial charge >= 0.3 is 5.97 Å². The summed E-state index contributed by atoms with van der Waals surface area (Å²) in [5.41, 5.74) is 0.292. The van der Waals surface area contributed by atoms with Gasteiger partial charge in [0, 0.05) is 24.7 Å². The molecule has 1 saturated heterocycles. The molecule has 0 aliphatic carbocycles. The van der Waals surface area contributed by atoms with E-state index in [1.165, 1.54) is 11.0 Å². The Morgan fingerprint density at radius 2 is 2.19 bits per heavy atom. The van der Waals surface area contributed by atoms with Crippen molar-refractivity contribution in [1.82, 2.24) is 10.2 Å². The van der Waals surface area contributed by atoms with Gasteiger partial charge in [0.1, 0.15) is 6.04 Å². The van der Waals surface area contributed by atoms with Crippen molar-refractivity contribution in [1.29, 1.82) is 0 Å². The molecule has 1 aliphatic heterocycles. The Labute approximate surface area is 133 Å². The zero-order valence-electron chi connectivity index (χ0n) is 11.6. The first-order chi connectivity index (χ1) is 10.0. The maximum atomic E-state index is 12.6. The topological polar surface area (TPSA) is 58.6 Å². The van der Waals surface area contributed by atoms with Gasteiger partial charge < -0.3 is 15.0 Å². The van der Waals surface area contributed by atoms with Gasteiger partial charge in [-0.2, -0.15) is 0 Å². The number of rotatable bonds is 3. The minimum absolute atomic E-state index is 0.273. The molecule has 0 bridgehead atoms. The number of piperazine rings is 1. The minimum atomic E-state index is -0.652. The number of nitrogens with one attached hydrogen (secondary N) is 1. The van der Waals surface area contributed by atoms with E-state index < -0.39 is 12.0 Å². The summed E-state index contributed by atoms with van der Waals surface area (Å²) in [6, 6.07) is 4.04. The van der Waals surface area contributed by atoms with E-state index in [0.29, 0.717) is 35.2 Å². The molecule has 2 rings (SSSR count). The lowest BCUT2D eigenvalue weighted by Gasteiger charge is -2.34. The molecule has 21 heavy (non-hydrogen) atoms. The van der Waals surface area contributed by atoms with E-state index in [1.807, 2.05) is 0 Å². The number of carbonyl (C=O) groups excluding carboxylic acids is 2. The van der Waals surface area contributed by atoms with E-state index in [0.717, 1.165) is 0 Å². The second-order valence-corrected chi connectivity index (χ2v) is 5.44.